The highest BCUT2D eigenvalue weighted by molar-refractivity contribution is 7.99. The molecule has 1 saturated carbocycles. The summed E-state index contributed by atoms with van der Waals surface area (Å²) in [5.74, 6) is 2.22. The van der Waals surface area contributed by atoms with Crippen LogP contribution in [0.1, 0.15) is 40.0 Å². The molecule has 0 aromatic heterocycles. The average molecular weight is 286 g/mol. The SMILES string of the molecule is CCOC1CC(N)(C(=O)NC2CCCSC2)C1(C)C. The van der Waals surface area contributed by atoms with Gasteiger partial charge in [0.15, 0.2) is 0 Å². The van der Waals surface area contributed by atoms with E-state index in [-0.39, 0.29) is 23.5 Å². The number of carbonyl (C=O) groups is 1. The molecule has 1 saturated heterocycles. The number of amides is 1. The molecule has 4 nitrogen and oxygen atoms in total. The molecule has 1 heterocycles. The zero-order valence-electron chi connectivity index (χ0n) is 12.2. The first-order chi connectivity index (χ1) is 8.91. The average Bonchev–Trinajstić information content (AvgIpc) is 2.39. The first-order valence-corrected chi connectivity index (χ1v) is 8.36. The number of hydrogen-bond acceptors (Lipinski definition) is 4. The van der Waals surface area contributed by atoms with Gasteiger partial charge in [0, 0.05) is 30.2 Å². The summed E-state index contributed by atoms with van der Waals surface area (Å²) in [6, 6.07) is 0.286. The molecule has 110 valence electrons. The van der Waals surface area contributed by atoms with Gasteiger partial charge in [0.1, 0.15) is 5.54 Å². The zero-order valence-corrected chi connectivity index (χ0v) is 13.0. The van der Waals surface area contributed by atoms with Crippen molar-refractivity contribution in [2.45, 2.75) is 57.7 Å². The predicted octanol–water partition coefficient (Wildman–Crippen LogP) is 1.53. The summed E-state index contributed by atoms with van der Waals surface area (Å²) in [4.78, 5) is 12.5. The number of hydrogen-bond donors (Lipinski definition) is 2. The summed E-state index contributed by atoms with van der Waals surface area (Å²) in [6.45, 7) is 6.72. The highest BCUT2D eigenvalue weighted by Crippen LogP contribution is 2.49. The van der Waals surface area contributed by atoms with Crippen LogP contribution >= 0.6 is 11.8 Å². The minimum absolute atomic E-state index is 0.000882. The minimum atomic E-state index is -0.783. The lowest BCUT2D eigenvalue weighted by Gasteiger charge is -2.57. The second-order valence-electron chi connectivity index (χ2n) is 6.23. The van der Waals surface area contributed by atoms with Gasteiger partial charge in [-0.2, -0.15) is 11.8 Å². The largest absolute Gasteiger partial charge is 0.378 e. The molecule has 0 radical (unpaired) electrons. The number of thioether (sulfide) groups is 1. The van der Waals surface area contributed by atoms with Crippen molar-refractivity contribution in [3.63, 3.8) is 0 Å². The van der Waals surface area contributed by atoms with Gasteiger partial charge in [0.2, 0.25) is 5.91 Å². The first kappa shape index (κ1) is 15.1. The monoisotopic (exact) mass is 286 g/mol. The van der Waals surface area contributed by atoms with Crippen LogP contribution in [0.4, 0.5) is 0 Å². The van der Waals surface area contributed by atoms with Gasteiger partial charge in [-0.15, -0.1) is 0 Å². The molecule has 0 spiro atoms. The second kappa shape index (κ2) is 5.62. The first-order valence-electron chi connectivity index (χ1n) is 7.21. The van der Waals surface area contributed by atoms with Crippen LogP contribution in [-0.2, 0) is 9.53 Å². The Kier molecular flexibility index (Phi) is 4.48. The third-order valence-corrected chi connectivity index (χ3v) is 5.95. The van der Waals surface area contributed by atoms with Gasteiger partial charge in [-0.05, 0) is 25.5 Å². The van der Waals surface area contributed by atoms with Gasteiger partial charge in [-0.3, -0.25) is 4.79 Å². The highest BCUT2D eigenvalue weighted by Gasteiger charge is 2.62. The number of nitrogens with two attached hydrogens (primary N) is 1. The van der Waals surface area contributed by atoms with E-state index in [1.165, 1.54) is 12.2 Å². The van der Waals surface area contributed by atoms with Crippen LogP contribution in [0.25, 0.3) is 0 Å². The Labute approximate surface area is 120 Å². The molecular weight excluding hydrogens is 260 g/mol. The van der Waals surface area contributed by atoms with Crippen molar-refractivity contribution in [2.24, 2.45) is 11.1 Å². The van der Waals surface area contributed by atoms with Gasteiger partial charge in [0.05, 0.1) is 6.10 Å². The van der Waals surface area contributed by atoms with Crippen LogP contribution in [0.3, 0.4) is 0 Å². The van der Waals surface area contributed by atoms with Gasteiger partial charge < -0.3 is 15.8 Å². The van der Waals surface area contributed by atoms with Gasteiger partial charge in [-0.25, -0.2) is 0 Å². The Morgan fingerprint density at radius 1 is 1.53 bits per heavy atom. The van der Waals surface area contributed by atoms with Crippen molar-refractivity contribution in [3.8, 4) is 0 Å². The maximum Gasteiger partial charge on any atom is 0.241 e. The van der Waals surface area contributed by atoms with Gasteiger partial charge in [-0.1, -0.05) is 13.8 Å². The molecular formula is C14H26N2O2S. The molecule has 5 heteroatoms. The topological polar surface area (TPSA) is 64.3 Å². The number of ether oxygens (including phenoxy) is 1. The quantitative estimate of drug-likeness (QED) is 0.822. The van der Waals surface area contributed by atoms with Gasteiger partial charge >= 0.3 is 0 Å². The zero-order chi connectivity index (χ0) is 14.1. The van der Waals surface area contributed by atoms with E-state index in [2.05, 4.69) is 5.32 Å². The van der Waals surface area contributed by atoms with Crippen LogP contribution in [0.15, 0.2) is 0 Å². The summed E-state index contributed by atoms with van der Waals surface area (Å²) in [5.41, 5.74) is 5.28. The molecule has 0 aromatic carbocycles. The number of nitrogens with one attached hydrogen (secondary N) is 1. The van der Waals surface area contributed by atoms with E-state index >= 15 is 0 Å². The molecule has 19 heavy (non-hydrogen) atoms. The lowest BCUT2D eigenvalue weighted by molar-refractivity contribution is -0.171. The van der Waals surface area contributed by atoms with Crippen molar-refractivity contribution in [1.82, 2.24) is 5.32 Å². The molecule has 2 rings (SSSR count). The van der Waals surface area contributed by atoms with Crippen molar-refractivity contribution in [3.05, 3.63) is 0 Å². The van der Waals surface area contributed by atoms with E-state index < -0.39 is 5.54 Å². The third-order valence-electron chi connectivity index (χ3n) is 4.73. The fourth-order valence-electron chi connectivity index (χ4n) is 2.99. The molecule has 3 atom stereocenters. The van der Waals surface area contributed by atoms with Crippen LogP contribution in [0.5, 0.6) is 0 Å². The molecule has 2 fully saturated rings. The Hall–Kier alpha value is -0.260. The van der Waals surface area contributed by atoms with Crippen molar-refractivity contribution in [1.29, 1.82) is 0 Å². The Balaban J connectivity index is 1.95. The number of carbonyl (C=O) groups excluding carboxylic acids is 1. The molecule has 1 aliphatic carbocycles. The van der Waals surface area contributed by atoms with Crippen LogP contribution in [0, 0.1) is 5.41 Å². The smallest absolute Gasteiger partial charge is 0.241 e. The van der Waals surface area contributed by atoms with E-state index in [4.69, 9.17) is 10.5 Å². The molecule has 0 aromatic rings. The van der Waals surface area contributed by atoms with Crippen molar-refractivity contribution >= 4 is 17.7 Å². The van der Waals surface area contributed by atoms with Crippen molar-refractivity contribution < 1.29 is 9.53 Å². The molecule has 0 bridgehead atoms. The molecule has 1 amide bonds. The summed E-state index contributed by atoms with van der Waals surface area (Å²) < 4.78 is 5.66. The van der Waals surface area contributed by atoms with Crippen LogP contribution in [0.2, 0.25) is 0 Å². The third kappa shape index (κ3) is 2.65. The summed E-state index contributed by atoms with van der Waals surface area (Å²) in [7, 11) is 0. The van der Waals surface area contributed by atoms with Crippen molar-refractivity contribution in [2.75, 3.05) is 18.1 Å². The standard InChI is InChI=1S/C14H26N2O2S/c1-4-18-11-8-14(15,13(11,2)3)12(17)16-10-6-5-7-19-9-10/h10-11H,4-9,15H2,1-3H3,(H,16,17). The summed E-state index contributed by atoms with van der Waals surface area (Å²) >= 11 is 1.91. The minimum Gasteiger partial charge on any atom is -0.378 e. The maximum atomic E-state index is 12.5. The fourth-order valence-corrected chi connectivity index (χ4v) is 4.06. The summed E-state index contributed by atoms with van der Waals surface area (Å²) in [5, 5.41) is 3.14. The number of rotatable bonds is 4. The van der Waals surface area contributed by atoms with E-state index in [1.54, 1.807) is 0 Å². The molecule has 3 N–H and O–H groups in total. The lowest BCUT2D eigenvalue weighted by Crippen LogP contribution is -2.76. The highest BCUT2D eigenvalue weighted by atomic mass is 32.2. The summed E-state index contributed by atoms with van der Waals surface area (Å²) in [6.07, 6.45) is 2.97. The Bertz CT molecular complexity index is 342. The normalized spacial score (nSPS) is 37.5. The molecule has 2 aliphatic rings. The predicted molar refractivity (Wildman–Crippen MR) is 79.2 cm³/mol. The van der Waals surface area contributed by atoms with Crippen LogP contribution < -0.4 is 11.1 Å². The van der Waals surface area contributed by atoms with Crippen LogP contribution in [-0.4, -0.2) is 41.7 Å². The van der Waals surface area contributed by atoms with E-state index in [1.807, 2.05) is 32.5 Å². The second-order valence-corrected chi connectivity index (χ2v) is 7.38. The Morgan fingerprint density at radius 2 is 2.26 bits per heavy atom. The fraction of sp³-hybridized carbons (Fsp3) is 0.929. The molecule has 1 aliphatic heterocycles. The van der Waals surface area contributed by atoms with E-state index in [0.717, 1.165) is 12.2 Å². The lowest BCUT2D eigenvalue weighted by atomic mass is 9.54. The Morgan fingerprint density at radius 3 is 2.79 bits per heavy atom. The van der Waals surface area contributed by atoms with Gasteiger partial charge in [0.25, 0.3) is 0 Å². The molecule has 3 unspecified atom stereocenters. The maximum absolute atomic E-state index is 12.5. The van der Waals surface area contributed by atoms with E-state index in [0.29, 0.717) is 13.0 Å². The van der Waals surface area contributed by atoms with E-state index in [9.17, 15) is 4.79 Å².